The van der Waals surface area contributed by atoms with E-state index in [0.717, 1.165) is 24.1 Å². The number of aryl methyl sites for hydroxylation is 2. The van der Waals surface area contributed by atoms with Crippen LogP contribution >= 0.6 is 0 Å². The van der Waals surface area contributed by atoms with Gasteiger partial charge in [-0.1, -0.05) is 48.5 Å². The summed E-state index contributed by atoms with van der Waals surface area (Å²) in [7, 11) is 0. The second kappa shape index (κ2) is 7.97. The Kier molecular flexibility index (Phi) is 5.49. The fraction of sp³-hybridized carbons (Fsp3) is 0.333. The van der Waals surface area contributed by atoms with Crippen LogP contribution in [-0.4, -0.2) is 24.9 Å². The number of benzene rings is 2. The number of carbonyl (C=O) groups excluding carboxylic acids is 2. The van der Waals surface area contributed by atoms with E-state index in [0.29, 0.717) is 19.5 Å². The van der Waals surface area contributed by atoms with Crippen LogP contribution in [0.15, 0.2) is 54.6 Å². The van der Waals surface area contributed by atoms with Crippen molar-refractivity contribution in [2.75, 3.05) is 18.0 Å². The lowest BCUT2D eigenvalue weighted by molar-refractivity contribution is -0.126. The van der Waals surface area contributed by atoms with Gasteiger partial charge in [0.25, 0.3) is 0 Å². The van der Waals surface area contributed by atoms with Gasteiger partial charge in [-0.2, -0.15) is 0 Å². The fourth-order valence-electron chi connectivity index (χ4n) is 3.28. The van der Waals surface area contributed by atoms with Gasteiger partial charge < -0.3 is 10.2 Å². The van der Waals surface area contributed by atoms with Crippen LogP contribution in [0.5, 0.6) is 0 Å². The first kappa shape index (κ1) is 17.2. The highest BCUT2D eigenvalue weighted by molar-refractivity contribution is 6.00. The van der Waals surface area contributed by atoms with Crippen molar-refractivity contribution < 1.29 is 9.59 Å². The molecule has 3 rings (SSSR count). The predicted molar refractivity (Wildman–Crippen MR) is 99.4 cm³/mol. The molecule has 2 amide bonds. The third kappa shape index (κ3) is 4.27. The zero-order chi connectivity index (χ0) is 17.6. The zero-order valence-electron chi connectivity index (χ0n) is 14.6. The van der Waals surface area contributed by atoms with Crippen LogP contribution in [0.25, 0.3) is 0 Å². The Balaban J connectivity index is 1.49. The number of rotatable bonds is 6. The normalized spacial score (nSPS) is 16.9. The Morgan fingerprint density at radius 3 is 2.60 bits per heavy atom. The topological polar surface area (TPSA) is 49.4 Å². The molecule has 1 fully saturated rings. The van der Waals surface area contributed by atoms with Crippen LogP contribution in [0.3, 0.4) is 0 Å². The van der Waals surface area contributed by atoms with Gasteiger partial charge in [0, 0.05) is 25.2 Å². The van der Waals surface area contributed by atoms with Crippen molar-refractivity contribution in [3.05, 3.63) is 65.7 Å². The third-order valence-corrected chi connectivity index (χ3v) is 4.69. The highest BCUT2D eigenvalue weighted by Gasteiger charge is 2.35. The van der Waals surface area contributed by atoms with Gasteiger partial charge in [0.05, 0.1) is 5.92 Å². The number of amides is 2. The highest BCUT2D eigenvalue weighted by Crippen LogP contribution is 2.27. The van der Waals surface area contributed by atoms with Crippen molar-refractivity contribution in [1.82, 2.24) is 5.32 Å². The van der Waals surface area contributed by atoms with Crippen molar-refractivity contribution in [2.24, 2.45) is 5.92 Å². The quantitative estimate of drug-likeness (QED) is 0.824. The molecule has 0 aliphatic carbocycles. The van der Waals surface area contributed by atoms with Crippen LogP contribution in [0.1, 0.15) is 24.0 Å². The van der Waals surface area contributed by atoms with E-state index in [4.69, 9.17) is 0 Å². The van der Waals surface area contributed by atoms with Crippen LogP contribution in [0.2, 0.25) is 0 Å². The maximum Gasteiger partial charge on any atom is 0.227 e. The summed E-state index contributed by atoms with van der Waals surface area (Å²) in [6.07, 6.45) is 2.14. The molecule has 4 heteroatoms. The molecule has 1 heterocycles. The summed E-state index contributed by atoms with van der Waals surface area (Å²) in [6.45, 7) is 3.09. The van der Waals surface area contributed by atoms with Crippen LogP contribution in [-0.2, 0) is 16.0 Å². The Bertz CT molecular complexity index is 743. The van der Waals surface area contributed by atoms with E-state index in [9.17, 15) is 9.59 Å². The Labute approximate surface area is 148 Å². The first-order chi connectivity index (χ1) is 12.1. The summed E-state index contributed by atoms with van der Waals surface area (Å²) >= 11 is 0. The monoisotopic (exact) mass is 336 g/mol. The molecule has 130 valence electrons. The maximum atomic E-state index is 12.4. The second-order valence-corrected chi connectivity index (χ2v) is 6.57. The molecule has 2 aromatic carbocycles. The van der Waals surface area contributed by atoms with Crippen molar-refractivity contribution in [1.29, 1.82) is 0 Å². The first-order valence-electron chi connectivity index (χ1n) is 8.83. The molecule has 25 heavy (non-hydrogen) atoms. The molecule has 0 radical (unpaired) electrons. The number of carbonyl (C=O) groups is 2. The third-order valence-electron chi connectivity index (χ3n) is 4.69. The van der Waals surface area contributed by atoms with E-state index in [1.165, 1.54) is 5.56 Å². The summed E-state index contributed by atoms with van der Waals surface area (Å²) in [5.41, 5.74) is 3.24. The SMILES string of the molecule is Cc1ccccc1N1C[C@@H](C(=O)NCCCc2ccccc2)CC1=O. The Hall–Kier alpha value is -2.62. The standard InChI is InChI=1S/C21H24N2O2/c1-16-8-5-6-12-19(16)23-15-18(14-20(23)24)21(25)22-13-7-11-17-9-3-2-4-10-17/h2-6,8-10,12,18H,7,11,13-15H2,1H3,(H,22,25)/t18-/m0/s1. The van der Waals surface area contributed by atoms with Crippen molar-refractivity contribution >= 4 is 17.5 Å². The van der Waals surface area contributed by atoms with Crippen molar-refractivity contribution in [2.45, 2.75) is 26.2 Å². The van der Waals surface area contributed by atoms with E-state index < -0.39 is 0 Å². The number of nitrogens with zero attached hydrogens (tertiary/aromatic N) is 1. The lowest BCUT2D eigenvalue weighted by Crippen LogP contribution is -2.33. The van der Waals surface area contributed by atoms with Gasteiger partial charge in [-0.05, 0) is 37.0 Å². The van der Waals surface area contributed by atoms with E-state index >= 15 is 0 Å². The summed E-state index contributed by atoms with van der Waals surface area (Å²) in [4.78, 5) is 26.4. The van der Waals surface area contributed by atoms with Gasteiger partial charge in [-0.25, -0.2) is 0 Å². The summed E-state index contributed by atoms with van der Waals surface area (Å²) in [6, 6.07) is 18.0. The summed E-state index contributed by atoms with van der Waals surface area (Å²) in [5, 5.41) is 2.98. The molecule has 0 spiro atoms. The van der Waals surface area contributed by atoms with E-state index in [1.54, 1.807) is 4.90 Å². The predicted octanol–water partition coefficient (Wildman–Crippen LogP) is 3.10. The Morgan fingerprint density at radius 1 is 1.12 bits per heavy atom. The average Bonchev–Trinajstić information content (AvgIpc) is 3.01. The molecule has 1 N–H and O–H groups in total. The van der Waals surface area contributed by atoms with E-state index in [2.05, 4.69) is 17.4 Å². The van der Waals surface area contributed by atoms with Crippen LogP contribution in [0, 0.1) is 12.8 Å². The van der Waals surface area contributed by atoms with Gasteiger partial charge in [0.2, 0.25) is 11.8 Å². The summed E-state index contributed by atoms with van der Waals surface area (Å²) < 4.78 is 0. The molecule has 4 nitrogen and oxygen atoms in total. The number of hydrogen-bond acceptors (Lipinski definition) is 2. The van der Waals surface area contributed by atoms with Crippen molar-refractivity contribution in [3.8, 4) is 0 Å². The lowest BCUT2D eigenvalue weighted by atomic mass is 10.1. The fourth-order valence-corrected chi connectivity index (χ4v) is 3.28. The molecule has 0 saturated carbocycles. The summed E-state index contributed by atoms with van der Waals surface area (Å²) in [5.74, 6) is -0.250. The van der Waals surface area contributed by atoms with Gasteiger partial charge >= 0.3 is 0 Å². The minimum atomic E-state index is -0.260. The second-order valence-electron chi connectivity index (χ2n) is 6.57. The molecule has 2 aromatic rings. The van der Waals surface area contributed by atoms with Crippen LogP contribution < -0.4 is 10.2 Å². The molecule has 0 unspecified atom stereocenters. The molecular formula is C21H24N2O2. The number of anilines is 1. The van der Waals surface area contributed by atoms with Gasteiger partial charge in [-0.3, -0.25) is 9.59 Å². The number of hydrogen-bond donors (Lipinski definition) is 1. The lowest BCUT2D eigenvalue weighted by Gasteiger charge is -2.19. The minimum Gasteiger partial charge on any atom is -0.356 e. The molecular weight excluding hydrogens is 312 g/mol. The molecule has 1 saturated heterocycles. The van der Waals surface area contributed by atoms with Crippen molar-refractivity contribution in [3.63, 3.8) is 0 Å². The number of nitrogens with one attached hydrogen (secondary N) is 1. The maximum absolute atomic E-state index is 12.4. The van der Waals surface area contributed by atoms with Gasteiger partial charge in [0.15, 0.2) is 0 Å². The number of para-hydroxylation sites is 1. The average molecular weight is 336 g/mol. The molecule has 0 bridgehead atoms. The van der Waals surface area contributed by atoms with E-state index in [-0.39, 0.29) is 17.7 Å². The Morgan fingerprint density at radius 2 is 1.84 bits per heavy atom. The van der Waals surface area contributed by atoms with E-state index in [1.807, 2.05) is 49.4 Å². The first-order valence-corrected chi connectivity index (χ1v) is 8.83. The molecule has 1 aliphatic rings. The van der Waals surface area contributed by atoms with Crippen LogP contribution in [0.4, 0.5) is 5.69 Å². The highest BCUT2D eigenvalue weighted by atomic mass is 16.2. The van der Waals surface area contributed by atoms with Gasteiger partial charge in [0.1, 0.15) is 0 Å². The molecule has 1 aliphatic heterocycles. The molecule has 1 atom stereocenters. The van der Waals surface area contributed by atoms with Gasteiger partial charge in [-0.15, -0.1) is 0 Å². The largest absolute Gasteiger partial charge is 0.356 e. The zero-order valence-corrected chi connectivity index (χ0v) is 14.6. The smallest absolute Gasteiger partial charge is 0.227 e. The molecule has 0 aromatic heterocycles. The minimum absolute atomic E-state index is 0.0162.